The van der Waals surface area contributed by atoms with Crippen LogP contribution in [0.5, 0.6) is 0 Å². The number of thioether (sulfide) groups is 1. The summed E-state index contributed by atoms with van der Waals surface area (Å²) in [6, 6.07) is 10.6. The van der Waals surface area contributed by atoms with E-state index in [0.29, 0.717) is 16.5 Å². The van der Waals surface area contributed by atoms with Crippen LogP contribution in [0.25, 0.3) is 11.4 Å². The highest BCUT2D eigenvalue weighted by molar-refractivity contribution is 9.11. The molecule has 1 aromatic carbocycles. The summed E-state index contributed by atoms with van der Waals surface area (Å²) in [6.45, 7) is 0. The number of carbonyl (C=O) groups is 1. The lowest BCUT2D eigenvalue weighted by atomic mass is 9.95. The van der Waals surface area contributed by atoms with Gasteiger partial charge in [0.2, 0.25) is 0 Å². The van der Waals surface area contributed by atoms with E-state index in [2.05, 4.69) is 30.7 Å². The average molecular weight is 480 g/mol. The van der Waals surface area contributed by atoms with Crippen LogP contribution in [0.4, 0.5) is 4.39 Å². The number of carbonyl (C=O) groups excluding carboxylic acids is 1. The quantitative estimate of drug-likeness (QED) is 0.303. The molecule has 0 unspecified atom stereocenters. The van der Waals surface area contributed by atoms with Crippen LogP contribution in [-0.4, -0.2) is 26.3 Å². The molecule has 8 heteroatoms. The second-order valence-corrected chi connectivity index (χ2v) is 10.2. The molecular formula is C20H19BrFN3OS2. The smallest absolute Gasteiger partial charge is 0.192 e. The van der Waals surface area contributed by atoms with Crippen LogP contribution in [0.15, 0.2) is 45.3 Å². The second kappa shape index (κ2) is 8.88. The van der Waals surface area contributed by atoms with E-state index in [-0.39, 0.29) is 23.4 Å². The summed E-state index contributed by atoms with van der Waals surface area (Å²) in [6.07, 6.45) is 5.57. The molecule has 1 fully saturated rings. The first-order chi connectivity index (χ1) is 13.6. The Hall–Kier alpha value is -1.51. The molecule has 0 amide bonds. The fourth-order valence-electron chi connectivity index (χ4n) is 3.54. The molecule has 1 aliphatic carbocycles. The maximum absolute atomic E-state index is 14.4. The zero-order chi connectivity index (χ0) is 19.5. The third-order valence-electron chi connectivity index (χ3n) is 4.90. The van der Waals surface area contributed by atoms with Gasteiger partial charge >= 0.3 is 0 Å². The van der Waals surface area contributed by atoms with Crippen molar-refractivity contribution in [1.82, 2.24) is 14.8 Å². The number of benzene rings is 1. The van der Waals surface area contributed by atoms with Crippen LogP contribution < -0.4 is 0 Å². The van der Waals surface area contributed by atoms with E-state index in [9.17, 15) is 9.18 Å². The summed E-state index contributed by atoms with van der Waals surface area (Å²) in [5.74, 6) is 0.600. The Morgan fingerprint density at radius 1 is 1.18 bits per heavy atom. The lowest BCUT2D eigenvalue weighted by Crippen LogP contribution is -2.16. The van der Waals surface area contributed by atoms with Gasteiger partial charge in [0.25, 0.3) is 0 Å². The highest BCUT2D eigenvalue weighted by Gasteiger charge is 2.25. The first-order valence-electron chi connectivity index (χ1n) is 9.24. The molecule has 3 aromatic rings. The largest absolute Gasteiger partial charge is 0.299 e. The van der Waals surface area contributed by atoms with Crippen LogP contribution in [0.1, 0.15) is 47.8 Å². The third kappa shape index (κ3) is 4.23. The molecule has 4 nitrogen and oxygen atoms in total. The minimum Gasteiger partial charge on any atom is -0.299 e. The summed E-state index contributed by atoms with van der Waals surface area (Å²) in [4.78, 5) is 13.2. The Labute approximate surface area is 179 Å². The first kappa shape index (κ1) is 19.8. The number of halogens is 2. The number of thiophene rings is 1. The van der Waals surface area contributed by atoms with Gasteiger partial charge in [-0.2, -0.15) is 0 Å². The molecule has 0 bridgehead atoms. The van der Waals surface area contributed by atoms with E-state index in [1.54, 1.807) is 12.1 Å². The van der Waals surface area contributed by atoms with Crippen molar-refractivity contribution in [3.05, 3.63) is 50.9 Å². The predicted molar refractivity (Wildman–Crippen MR) is 115 cm³/mol. The fraction of sp³-hybridized carbons (Fsp3) is 0.350. The Bertz CT molecular complexity index is 981. The van der Waals surface area contributed by atoms with Gasteiger partial charge in [0.05, 0.1) is 20.0 Å². The van der Waals surface area contributed by atoms with Crippen LogP contribution in [0.2, 0.25) is 0 Å². The normalized spacial score (nSPS) is 15.1. The standard InChI is InChI=1S/C20H19BrFN3OS2/c21-18-11-10-17(28-18)16(26)12-27-20-24-23-19(14-8-4-5-9-15(14)22)25(20)13-6-2-1-3-7-13/h4-5,8-11,13H,1-3,6-7,12H2. The maximum Gasteiger partial charge on any atom is 0.192 e. The highest BCUT2D eigenvalue weighted by Crippen LogP contribution is 2.36. The molecule has 0 N–H and O–H groups in total. The molecule has 1 saturated carbocycles. The van der Waals surface area contributed by atoms with Crippen molar-refractivity contribution in [3.63, 3.8) is 0 Å². The van der Waals surface area contributed by atoms with E-state index < -0.39 is 0 Å². The number of hydrogen-bond donors (Lipinski definition) is 0. The van der Waals surface area contributed by atoms with Gasteiger partial charge in [0.15, 0.2) is 16.8 Å². The van der Waals surface area contributed by atoms with Gasteiger partial charge in [-0.1, -0.05) is 43.2 Å². The van der Waals surface area contributed by atoms with Gasteiger partial charge in [0, 0.05) is 6.04 Å². The molecule has 146 valence electrons. The van der Waals surface area contributed by atoms with Gasteiger partial charge in [0.1, 0.15) is 5.82 Å². The molecular weight excluding hydrogens is 461 g/mol. The van der Waals surface area contributed by atoms with Gasteiger partial charge in [-0.15, -0.1) is 21.5 Å². The Morgan fingerprint density at radius 3 is 2.68 bits per heavy atom. The zero-order valence-electron chi connectivity index (χ0n) is 15.1. The molecule has 0 aliphatic heterocycles. The topological polar surface area (TPSA) is 47.8 Å². The molecule has 2 heterocycles. The van der Waals surface area contributed by atoms with Crippen LogP contribution in [0.3, 0.4) is 0 Å². The average Bonchev–Trinajstić information content (AvgIpc) is 3.33. The molecule has 0 radical (unpaired) electrons. The van der Waals surface area contributed by atoms with E-state index in [0.717, 1.165) is 34.3 Å². The van der Waals surface area contributed by atoms with Gasteiger partial charge < -0.3 is 0 Å². The molecule has 28 heavy (non-hydrogen) atoms. The molecule has 1 aliphatic rings. The Morgan fingerprint density at radius 2 is 1.96 bits per heavy atom. The van der Waals surface area contributed by atoms with E-state index >= 15 is 0 Å². The number of hydrogen-bond acceptors (Lipinski definition) is 5. The third-order valence-corrected chi connectivity index (χ3v) is 7.51. The number of rotatable bonds is 6. The lowest BCUT2D eigenvalue weighted by molar-refractivity contribution is 0.102. The predicted octanol–water partition coefficient (Wildman–Crippen LogP) is 6.39. The molecule has 0 saturated heterocycles. The molecule has 0 atom stereocenters. The first-order valence-corrected chi connectivity index (χ1v) is 11.8. The SMILES string of the molecule is O=C(CSc1nnc(-c2ccccc2F)n1C1CCCCC1)c1ccc(Br)s1. The minimum absolute atomic E-state index is 0.0614. The minimum atomic E-state index is -0.303. The van der Waals surface area contributed by atoms with Crippen LogP contribution in [-0.2, 0) is 0 Å². The monoisotopic (exact) mass is 479 g/mol. The zero-order valence-corrected chi connectivity index (χ0v) is 18.3. The van der Waals surface area contributed by atoms with Crippen molar-refractivity contribution >= 4 is 44.8 Å². The Kier molecular flexibility index (Phi) is 6.28. The molecule has 4 rings (SSSR count). The van der Waals surface area contributed by atoms with Crippen molar-refractivity contribution in [3.8, 4) is 11.4 Å². The van der Waals surface area contributed by atoms with E-state index in [4.69, 9.17) is 0 Å². The van der Waals surface area contributed by atoms with Crippen molar-refractivity contribution < 1.29 is 9.18 Å². The number of aromatic nitrogens is 3. The van der Waals surface area contributed by atoms with Crippen molar-refractivity contribution in [1.29, 1.82) is 0 Å². The van der Waals surface area contributed by atoms with Gasteiger partial charge in [-0.3, -0.25) is 9.36 Å². The summed E-state index contributed by atoms with van der Waals surface area (Å²) in [5, 5.41) is 9.33. The fourth-order valence-corrected chi connectivity index (χ4v) is 5.84. The number of Topliss-reactive ketones (excluding diaryl/α,β-unsaturated/α-hetero) is 1. The lowest BCUT2D eigenvalue weighted by Gasteiger charge is -2.25. The van der Waals surface area contributed by atoms with E-state index in [1.165, 1.54) is 35.6 Å². The van der Waals surface area contributed by atoms with Crippen LogP contribution in [0, 0.1) is 5.82 Å². The van der Waals surface area contributed by atoms with Crippen molar-refractivity contribution in [2.24, 2.45) is 0 Å². The second-order valence-electron chi connectivity index (χ2n) is 6.76. The number of nitrogens with zero attached hydrogens (tertiary/aromatic N) is 3. The summed E-state index contributed by atoms with van der Waals surface area (Å²) < 4.78 is 17.4. The summed E-state index contributed by atoms with van der Waals surface area (Å²) in [7, 11) is 0. The summed E-state index contributed by atoms with van der Waals surface area (Å²) >= 11 is 6.21. The van der Waals surface area contributed by atoms with Crippen LogP contribution >= 0.6 is 39.0 Å². The summed E-state index contributed by atoms with van der Waals surface area (Å²) in [5.41, 5.74) is 0.459. The van der Waals surface area contributed by atoms with Gasteiger partial charge in [-0.25, -0.2) is 4.39 Å². The number of ketones is 1. The van der Waals surface area contributed by atoms with E-state index in [1.807, 2.05) is 18.2 Å². The highest BCUT2D eigenvalue weighted by atomic mass is 79.9. The van der Waals surface area contributed by atoms with Crippen molar-refractivity contribution in [2.45, 2.75) is 43.3 Å². The molecule has 0 spiro atoms. The molecule has 2 aromatic heterocycles. The Balaban J connectivity index is 1.63. The van der Waals surface area contributed by atoms with Crippen molar-refractivity contribution in [2.75, 3.05) is 5.75 Å². The maximum atomic E-state index is 14.4. The van der Waals surface area contributed by atoms with Gasteiger partial charge in [-0.05, 0) is 53.0 Å².